The van der Waals surface area contributed by atoms with E-state index in [9.17, 15) is 4.79 Å². The van der Waals surface area contributed by atoms with E-state index in [-0.39, 0.29) is 6.61 Å². The zero-order valence-electron chi connectivity index (χ0n) is 9.24. The van der Waals surface area contributed by atoms with E-state index in [4.69, 9.17) is 9.47 Å². The Hall–Kier alpha value is -2.37. The van der Waals surface area contributed by atoms with Crippen molar-refractivity contribution >= 4 is 6.09 Å². The van der Waals surface area contributed by atoms with E-state index < -0.39 is 6.09 Å². The van der Waals surface area contributed by atoms with Crippen LogP contribution in [0.15, 0.2) is 37.1 Å². The summed E-state index contributed by atoms with van der Waals surface area (Å²) < 4.78 is 11.3. The molecule has 0 unspecified atom stereocenters. The van der Waals surface area contributed by atoms with Crippen LogP contribution in [0.4, 0.5) is 4.79 Å². The van der Waals surface area contributed by atoms with Crippen molar-refractivity contribution < 1.29 is 14.3 Å². The van der Waals surface area contributed by atoms with Crippen LogP contribution < -0.4 is 4.74 Å². The number of ether oxygens (including phenoxy) is 2. The second kappa shape index (κ2) is 5.11. The van der Waals surface area contributed by atoms with Crippen LogP contribution in [0.2, 0.25) is 0 Å². The van der Waals surface area contributed by atoms with Crippen molar-refractivity contribution in [3.63, 3.8) is 0 Å². The number of pyridine rings is 1. The lowest BCUT2D eigenvalue weighted by molar-refractivity contribution is 0.140. The first-order valence-electron chi connectivity index (χ1n) is 4.93. The van der Waals surface area contributed by atoms with Gasteiger partial charge < -0.3 is 9.47 Å². The molecule has 0 bridgehead atoms. The van der Waals surface area contributed by atoms with Crippen LogP contribution in [-0.4, -0.2) is 27.7 Å². The van der Waals surface area contributed by atoms with Gasteiger partial charge in [-0.25, -0.2) is 14.3 Å². The monoisotopic (exact) mass is 233 g/mol. The van der Waals surface area contributed by atoms with E-state index in [2.05, 4.69) is 9.97 Å². The van der Waals surface area contributed by atoms with Gasteiger partial charge in [0.05, 0.1) is 19.0 Å². The van der Waals surface area contributed by atoms with Gasteiger partial charge in [-0.1, -0.05) is 0 Å². The zero-order valence-corrected chi connectivity index (χ0v) is 9.24. The highest BCUT2D eigenvalue weighted by molar-refractivity contribution is 5.69. The van der Waals surface area contributed by atoms with Crippen molar-refractivity contribution in [1.82, 2.24) is 14.5 Å². The summed E-state index contributed by atoms with van der Waals surface area (Å²) in [5, 5.41) is 0. The maximum Gasteiger partial charge on any atom is 0.419 e. The molecule has 0 aliphatic carbocycles. The number of rotatable bonds is 3. The molecule has 0 spiro atoms. The van der Waals surface area contributed by atoms with Crippen LogP contribution in [0.3, 0.4) is 0 Å². The highest BCUT2D eigenvalue weighted by Gasteiger charge is 2.05. The Morgan fingerprint density at radius 1 is 1.47 bits per heavy atom. The predicted octanol–water partition coefficient (Wildman–Crippen LogP) is 1.47. The molecule has 6 nitrogen and oxygen atoms in total. The minimum Gasteiger partial charge on any atom is -0.495 e. The Labute approximate surface area is 97.8 Å². The summed E-state index contributed by atoms with van der Waals surface area (Å²) in [6, 6.07) is 3.49. The van der Waals surface area contributed by atoms with E-state index >= 15 is 0 Å². The van der Waals surface area contributed by atoms with Gasteiger partial charge in [0.25, 0.3) is 0 Å². The number of aromatic nitrogens is 3. The highest BCUT2D eigenvalue weighted by atomic mass is 16.5. The fourth-order valence-corrected chi connectivity index (χ4v) is 1.19. The standard InChI is InChI=1S/C11H11N3O3/c1-16-10-3-2-9(13-6-10)7-17-11(15)14-5-4-12-8-14/h2-6,8H,7H2,1H3. The predicted molar refractivity (Wildman–Crippen MR) is 58.6 cm³/mol. The third-order valence-corrected chi connectivity index (χ3v) is 2.09. The molecular formula is C11H11N3O3. The first-order valence-corrected chi connectivity index (χ1v) is 4.93. The summed E-state index contributed by atoms with van der Waals surface area (Å²) in [5.41, 5.74) is 0.652. The van der Waals surface area contributed by atoms with Gasteiger partial charge in [-0.3, -0.25) is 4.98 Å². The molecule has 0 amide bonds. The fraction of sp³-hybridized carbons (Fsp3) is 0.182. The molecule has 2 aromatic rings. The Morgan fingerprint density at radius 2 is 2.35 bits per heavy atom. The summed E-state index contributed by atoms with van der Waals surface area (Å²) in [5.74, 6) is 0.662. The topological polar surface area (TPSA) is 66.2 Å². The molecule has 2 heterocycles. The molecule has 0 fully saturated rings. The van der Waals surface area contributed by atoms with Gasteiger partial charge in [-0.2, -0.15) is 0 Å². The van der Waals surface area contributed by atoms with E-state index in [1.807, 2.05) is 0 Å². The molecule has 2 rings (SSSR count). The van der Waals surface area contributed by atoms with E-state index in [1.54, 1.807) is 25.4 Å². The molecule has 6 heteroatoms. The molecule has 2 aromatic heterocycles. The maximum absolute atomic E-state index is 11.5. The number of nitrogens with zero attached hydrogens (tertiary/aromatic N) is 3. The average Bonchev–Trinajstić information content (AvgIpc) is 2.90. The number of carbonyl (C=O) groups excluding carboxylic acids is 1. The smallest absolute Gasteiger partial charge is 0.419 e. The van der Waals surface area contributed by atoms with Gasteiger partial charge in [-0.15, -0.1) is 0 Å². The summed E-state index contributed by atoms with van der Waals surface area (Å²) in [7, 11) is 1.57. The summed E-state index contributed by atoms with van der Waals surface area (Å²) >= 11 is 0. The highest BCUT2D eigenvalue weighted by Crippen LogP contribution is 2.08. The molecule has 0 saturated carbocycles. The van der Waals surface area contributed by atoms with Gasteiger partial charge in [-0.05, 0) is 12.1 Å². The maximum atomic E-state index is 11.5. The van der Waals surface area contributed by atoms with Crippen LogP contribution >= 0.6 is 0 Å². The van der Waals surface area contributed by atoms with E-state index in [0.717, 1.165) is 0 Å². The zero-order chi connectivity index (χ0) is 12.1. The Morgan fingerprint density at radius 3 is 2.94 bits per heavy atom. The van der Waals surface area contributed by atoms with Gasteiger partial charge in [0.15, 0.2) is 0 Å². The lowest BCUT2D eigenvalue weighted by Gasteiger charge is -2.04. The number of carbonyl (C=O) groups is 1. The Bertz CT molecular complexity index is 479. The minimum absolute atomic E-state index is 0.112. The van der Waals surface area contributed by atoms with Crippen LogP contribution in [0, 0.1) is 0 Å². The third-order valence-electron chi connectivity index (χ3n) is 2.09. The lowest BCUT2D eigenvalue weighted by Crippen LogP contribution is -2.11. The average molecular weight is 233 g/mol. The number of hydrogen-bond donors (Lipinski definition) is 0. The van der Waals surface area contributed by atoms with Gasteiger partial charge in [0.1, 0.15) is 18.7 Å². The van der Waals surface area contributed by atoms with Crippen molar-refractivity contribution in [2.24, 2.45) is 0 Å². The van der Waals surface area contributed by atoms with Crippen molar-refractivity contribution in [2.75, 3.05) is 7.11 Å². The van der Waals surface area contributed by atoms with Crippen LogP contribution in [0.5, 0.6) is 5.75 Å². The van der Waals surface area contributed by atoms with Gasteiger partial charge >= 0.3 is 6.09 Å². The molecule has 0 aromatic carbocycles. The number of hydrogen-bond acceptors (Lipinski definition) is 5. The van der Waals surface area contributed by atoms with Crippen molar-refractivity contribution in [2.45, 2.75) is 6.61 Å². The van der Waals surface area contributed by atoms with Crippen LogP contribution in [-0.2, 0) is 11.3 Å². The Kier molecular flexibility index (Phi) is 3.34. The number of methoxy groups -OCH3 is 1. The molecule has 0 saturated heterocycles. The second-order valence-corrected chi connectivity index (χ2v) is 3.21. The van der Waals surface area contributed by atoms with Crippen molar-refractivity contribution in [3.8, 4) is 5.75 Å². The normalized spacial score (nSPS) is 9.94. The first kappa shape index (κ1) is 11.1. The minimum atomic E-state index is -0.486. The van der Waals surface area contributed by atoms with Crippen molar-refractivity contribution in [1.29, 1.82) is 0 Å². The molecule has 88 valence electrons. The van der Waals surface area contributed by atoms with Gasteiger partial charge in [0.2, 0.25) is 0 Å². The fourth-order valence-electron chi connectivity index (χ4n) is 1.19. The third kappa shape index (κ3) is 2.81. The van der Waals surface area contributed by atoms with E-state index in [1.165, 1.54) is 23.3 Å². The van der Waals surface area contributed by atoms with Crippen LogP contribution in [0.25, 0.3) is 0 Å². The molecule has 0 atom stereocenters. The lowest BCUT2D eigenvalue weighted by atomic mass is 10.3. The van der Waals surface area contributed by atoms with Crippen LogP contribution in [0.1, 0.15) is 5.69 Å². The van der Waals surface area contributed by atoms with Crippen molar-refractivity contribution in [3.05, 3.63) is 42.7 Å². The SMILES string of the molecule is COc1ccc(COC(=O)n2ccnc2)nc1. The summed E-state index contributed by atoms with van der Waals surface area (Å²) in [6.07, 6.45) is 5.49. The first-order chi connectivity index (χ1) is 8.29. The van der Waals surface area contributed by atoms with E-state index in [0.29, 0.717) is 11.4 Å². The summed E-state index contributed by atoms with van der Waals surface area (Å²) in [6.45, 7) is 0.112. The van der Waals surface area contributed by atoms with Gasteiger partial charge in [0, 0.05) is 12.4 Å². The molecular weight excluding hydrogens is 222 g/mol. The largest absolute Gasteiger partial charge is 0.495 e. The molecule has 0 N–H and O–H groups in total. The number of imidazole rings is 1. The quantitative estimate of drug-likeness (QED) is 0.803. The Balaban J connectivity index is 1.91. The summed E-state index contributed by atoms with van der Waals surface area (Å²) in [4.78, 5) is 19.3. The molecule has 0 radical (unpaired) electrons. The molecule has 17 heavy (non-hydrogen) atoms. The second-order valence-electron chi connectivity index (χ2n) is 3.21. The molecule has 0 aliphatic heterocycles. The molecule has 0 aliphatic rings.